The maximum absolute atomic E-state index is 13.2. The molecule has 0 bridgehead atoms. The summed E-state index contributed by atoms with van der Waals surface area (Å²) in [5, 5.41) is 2.95. The molecule has 0 spiro atoms. The van der Waals surface area contributed by atoms with Crippen LogP contribution in [0, 0.1) is 5.82 Å². The summed E-state index contributed by atoms with van der Waals surface area (Å²) in [5.41, 5.74) is 6.25. The Bertz CT molecular complexity index is 482. The number of hydrogen-bond donors (Lipinski definition) is 2. The molecule has 0 aromatic heterocycles. The molecule has 20 heavy (non-hydrogen) atoms. The highest BCUT2D eigenvalue weighted by Gasteiger charge is 2.23. The summed E-state index contributed by atoms with van der Waals surface area (Å²) in [7, 11) is 0. The van der Waals surface area contributed by atoms with E-state index < -0.39 is 5.82 Å². The van der Waals surface area contributed by atoms with Gasteiger partial charge in [0.2, 0.25) is 0 Å². The molecule has 1 saturated heterocycles. The quantitative estimate of drug-likeness (QED) is 0.832. The molecule has 1 heterocycles. The van der Waals surface area contributed by atoms with E-state index in [1.807, 2.05) is 0 Å². The Labute approximate surface area is 119 Å². The van der Waals surface area contributed by atoms with Crippen LogP contribution in [0.5, 0.6) is 0 Å². The lowest BCUT2D eigenvalue weighted by Gasteiger charge is -2.34. The average molecular weight is 279 g/mol. The number of carbonyl (C=O) groups excluding carboxylic acids is 1. The van der Waals surface area contributed by atoms with Crippen molar-refractivity contribution in [2.24, 2.45) is 0 Å². The van der Waals surface area contributed by atoms with Gasteiger partial charge in [-0.15, -0.1) is 0 Å². The van der Waals surface area contributed by atoms with Crippen LogP contribution in [0.1, 0.15) is 37.0 Å². The number of nitrogen functional groups attached to an aromatic ring is 1. The fraction of sp³-hybridized carbons (Fsp3) is 0.533. The van der Waals surface area contributed by atoms with Gasteiger partial charge >= 0.3 is 0 Å². The minimum Gasteiger partial charge on any atom is -0.398 e. The van der Waals surface area contributed by atoms with Crippen LogP contribution in [-0.4, -0.2) is 36.0 Å². The first-order valence-corrected chi connectivity index (χ1v) is 7.07. The lowest BCUT2D eigenvalue weighted by atomic mass is 10.0. The fourth-order valence-corrected chi connectivity index (χ4v) is 2.55. The standard InChI is InChI=1S/C15H22FN3O/c1-10(2)19-7-5-12(6-8-19)18-15(20)13-9-11(16)3-4-14(13)17/h3-4,9-10,12H,5-8,17H2,1-2H3,(H,18,20). The Morgan fingerprint density at radius 1 is 1.40 bits per heavy atom. The zero-order valence-corrected chi connectivity index (χ0v) is 12.0. The molecule has 1 aliphatic heterocycles. The minimum atomic E-state index is -0.445. The number of hydrogen-bond acceptors (Lipinski definition) is 3. The lowest BCUT2D eigenvalue weighted by molar-refractivity contribution is 0.0901. The summed E-state index contributed by atoms with van der Waals surface area (Å²) in [6.45, 7) is 6.29. The first-order chi connectivity index (χ1) is 9.47. The summed E-state index contributed by atoms with van der Waals surface area (Å²) < 4.78 is 13.2. The van der Waals surface area contributed by atoms with Crippen molar-refractivity contribution in [1.82, 2.24) is 10.2 Å². The minimum absolute atomic E-state index is 0.139. The molecule has 1 aliphatic rings. The van der Waals surface area contributed by atoms with Gasteiger partial charge in [-0.25, -0.2) is 4.39 Å². The van der Waals surface area contributed by atoms with Crippen molar-refractivity contribution < 1.29 is 9.18 Å². The van der Waals surface area contributed by atoms with Gasteiger partial charge in [0, 0.05) is 30.9 Å². The fourth-order valence-electron chi connectivity index (χ4n) is 2.55. The van der Waals surface area contributed by atoms with Crippen LogP contribution in [0.15, 0.2) is 18.2 Å². The first-order valence-electron chi connectivity index (χ1n) is 7.07. The maximum atomic E-state index is 13.2. The normalized spacial score (nSPS) is 17.4. The topological polar surface area (TPSA) is 58.4 Å². The van der Waals surface area contributed by atoms with Gasteiger partial charge in [0.05, 0.1) is 5.56 Å². The second kappa shape index (κ2) is 6.22. The Morgan fingerprint density at radius 2 is 2.05 bits per heavy atom. The molecule has 4 nitrogen and oxygen atoms in total. The lowest BCUT2D eigenvalue weighted by Crippen LogP contribution is -2.46. The van der Waals surface area contributed by atoms with Crippen LogP contribution in [-0.2, 0) is 0 Å². The van der Waals surface area contributed by atoms with Crippen LogP contribution in [0.25, 0.3) is 0 Å². The van der Waals surface area contributed by atoms with Crippen molar-refractivity contribution in [3.05, 3.63) is 29.6 Å². The second-order valence-electron chi connectivity index (χ2n) is 5.61. The van der Waals surface area contributed by atoms with Gasteiger partial charge in [0.1, 0.15) is 5.82 Å². The Hall–Kier alpha value is -1.62. The van der Waals surface area contributed by atoms with Crippen molar-refractivity contribution in [3.8, 4) is 0 Å². The number of nitrogens with zero attached hydrogens (tertiary/aromatic N) is 1. The highest BCUT2D eigenvalue weighted by molar-refractivity contribution is 5.99. The number of anilines is 1. The molecule has 0 aliphatic carbocycles. The van der Waals surface area contributed by atoms with Crippen LogP contribution < -0.4 is 11.1 Å². The van der Waals surface area contributed by atoms with E-state index in [1.54, 1.807) is 0 Å². The molecule has 1 aromatic rings. The second-order valence-corrected chi connectivity index (χ2v) is 5.61. The third-order valence-electron chi connectivity index (χ3n) is 3.86. The number of benzene rings is 1. The van der Waals surface area contributed by atoms with E-state index in [2.05, 4.69) is 24.1 Å². The van der Waals surface area contributed by atoms with Crippen LogP contribution in [0.3, 0.4) is 0 Å². The van der Waals surface area contributed by atoms with Crippen molar-refractivity contribution in [1.29, 1.82) is 0 Å². The zero-order chi connectivity index (χ0) is 14.7. The van der Waals surface area contributed by atoms with Gasteiger partial charge in [-0.3, -0.25) is 4.79 Å². The van der Waals surface area contributed by atoms with Crippen molar-refractivity contribution in [3.63, 3.8) is 0 Å². The number of nitrogens with two attached hydrogens (primary N) is 1. The molecule has 3 N–H and O–H groups in total. The molecule has 0 unspecified atom stereocenters. The van der Waals surface area contributed by atoms with E-state index in [0.717, 1.165) is 25.9 Å². The zero-order valence-electron chi connectivity index (χ0n) is 12.0. The average Bonchev–Trinajstić information content (AvgIpc) is 2.42. The molecule has 1 fully saturated rings. The van der Waals surface area contributed by atoms with E-state index >= 15 is 0 Å². The SMILES string of the molecule is CC(C)N1CCC(NC(=O)c2cc(F)ccc2N)CC1. The number of piperidine rings is 1. The Morgan fingerprint density at radius 3 is 2.65 bits per heavy atom. The molecule has 110 valence electrons. The van der Waals surface area contributed by atoms with E-state index in [-0.39, 0.29) is 17.5 Å². The smallest absolute Gasteiger partial charge is 0.253 e. The number of nitrogens with one attached hydrogen (secondary N) is 1. The highest BCUT2D eigenvalue weighted by atomic mass is 19.1. The van der Waals surface area contributed by atoms with Crippen LogP contribution in [0.4, 0.5) is 10.1 Å². The molecule has 0 atom stereocenters. The Balaban J connectivity index is 1.94. The first kappa shape index (κ1) is 14.8. The summed E-state index contributed by atoms with van der Waals surface area (Å²) >= 11 is 0. The summed E-state index contributed by atoms with van der Waals surface area (Å²) in [5.74, 6) is -0.732. The maximum Gasteiger partial charge on any atom is 0.253 e. The summed E-state index contributed by atoms with van der Waals surface area (Å²) in [4.78, 5) is 14.5. The summed E-state index contributed by atoms with van der Waals surface area (Å²) in [6.07, 6.45) is 1.83. The molecular weight excluding hydrogens is 257 g/mol. The monoisotopic (exact) mass is 279 g/mol. The van der Waals surface area contributed by atoms with E-state index in [0.29, 0.717) is 11.7 Å². The van der Waals surface area contributed by atoms with Crippen molar-refractivity contribution >= 4 is 11.6 Å². The molecule has 2 rings (SSSR count). The van der Waals surface area contributed by atoms with Gasteiger partial charge < -0.3 is 16.0 Å². The predicted octanol–water partition coefficient (Wildman–Crippen LogP) is 2.01. The van der Waals surface area contributed by atoms with Gasteiger partial charge in [0.25, 0.3) is 5.91 Å². The van der Waals surface area contributed by atoms with E-state index in [1.165, 1.54) is 18.2 Å². The molecule has 1 amide bonds. The number of amides is 1. The van der Waals surface area contributed by atoms with Crippen molar-refractivity contribution in [2.45, 2.75) is 38.8 Å². The third kappa shape index (κ3) is 3.48. The third-order valence-corrected chi connectivity index (χ3v) is 3.86. The molecule has 1 aromatic carbocycles. The van der Waals surface area contributed by atoms with Gasteiger partial charge in [-0.05, 0) is 44.9 Å². The number of halogens is 1. The van der Waals surface area contributed by atoms with Gasteiger partial charge in [-0.2, -0.15) is 0 Å². The van der Waals surface area contributed by atoms with Crippen LogP contribution >= 0.6 is 0 Å². The highest BCUT2D eigenvalue weighted by Crippen LogP contribution is 2.16. The molecule has 0 radical (unpaired) electrons. The molecular formula is C15H22FN3O. The van der Waals surface area contributed by atoms with Gasteiger partial charge in [-0.1, -0.05) is 0 Å². The van der Waals surface area contributed by atoms with E-state index in [4.69, 9.17) is 5.73 Å². The van der Waals surface area contributed by atoms with Crippen molar-refractivity contribution in [2.75, 3.05) is 18.8 Å². The predicted molar refractivity (Wildman–Crippen MR) is 78.0 cm³/mol. The van der Waals surface area contributed by atoms with Gasteiger partial charge in [0.15, 0.2) is 0 Å². The van der Waals surface area contributed by atoms with Crippen LogP contribution in [0.2, 0.25) is 0 Å². The number of carbonyl (C=O) groups is 1. The van der Waals surface area contributed by atoms with E-state index in [9.17, 15) is 9.18 Å². The Kier molecular flexibility index (Phi) is 4.60. The number of rotatable bonds is 3. The largest absolute Gasteiger partial charge is 0.398 e. The molecule has 0 saturated carbocycles. The number of likely N-dealkylation sites (tertiary alicyclic amines) is 1. The summed E-state index contributed by atoms with van der Waals surface area (Å²) in [6, 6.07) is 4.54. The molecule has 5 heteroatoms.